The van der Waals surface area contributed by atoms with Gasteiger partial charge in [-0.3, -0.25) is 14.5 Å². The van der Waals surface area contributed by atoms with E-state index in [4.69, 9.17) is 4.74 Å². The van der Waals surface area contributed by atoms with Crippen LogP contribution in [0, 0.1) is 17.8 Å². The summed E-state index contributed by atoms with van der Waals surface area (Å²) >= 11 is 0. The van der Waals surface area contributed by atoms with Crippen LogP contribution in [0.1, 0.15) is 26.2 Å². The van der Waals surface area contributed by atoms with Gasteiger partial charge in [0.2, 0.25) is 5.91 Å². The minimum Gasteiger partial charge on any atom is -0.481 e. The SMILES string of the molecule is CCC1CC(C(=O)O)C(C(=O)NCCN2CCOCC2)C1. The number of carbonyl (C=O) groups is 2. The van der Waals surface area contributed by atoms with Crippen molar-refractivity contribution in [2.75, 3.05) is 39.4 Å². The first-order valence-corrected chi connectivity index (χ1v) is 7.92. The molecular formula is C15H26N2O4. The van der Waals surface area contributed by atoms with Gasteiger partial charge in [0.05, 0.1) is 25.0 Å². The third-order valence-electron chi connectivity index (χ3n) is 4.72. The van der Waals surface area contributed by atoms with Gasteiger partial charge in [0.15, 0.2) is 0 Å². The van der Waals surface area contributed by atoms with E-state index in [2.05, 4.69) is 17.1 Å². The van der Waals surface area contributed by atoms with Gasteiger partial charge < -0.3 is 15.2 Å². The van der Waals surface area contributed by atoms with Crippen LogP contribution in [-0.4, -0.2) is 61.3 Å². The van der Waals surface area contributed by atoms with Gasteiger partial charge in [0.25, 0.3) is 0 Å². The van der Waals surface area contributed by atoms with Gasteiger partial charge in [0, 0.05) is 26.2 Å². The number of morpholine rings is 1. The van der Waals surface area contributed by atoms with Gasteiger partial charge in [-0.1, -0.05) is 13.3 Å². The van der Waals surface area contributed by atoms with E-state index in [1.807, 2.05) is 0 Å². The molecule has 3 atom stereocenters. The van der Waals surface area contributed by atoms with Crippen LogP contribution in [0.2, 0.25) is 0 Å². The topological polar surface area (TPSA) is 78.9 Å². The first-order chi connectivity index (χ1) is 10.1. The quantitative estimate of drug-likeness (QED) is 0.749. The number of hydrogen-bond donors (Lipinski definition) is 2. The van der Waals surface area contributed by atoms with Gasteiger partial charge in [-0.2, -0.15) is 0 Å². The summed E-state index contributed by atoms with van der Waals surface area (Å²) in [6.45, 7) is 6.73. The van der Waals surface area contributed by atoms with Gasteiger partial charge >= 0.3 is 5.97 Å². The molecule has 120 valence electrons. The lowest BCUT2D eigenvalue weighted by atomic mass is 9.95. The standard InChI is InChI=1S/C15H26N2O4/c1-2-11-9-12(13(10-11)15(19)20)14(18)16-3-4-17-5-7-21-8-6-17/h11-13H,2-10H2,1H3,(H,16,18)(H,19,20). The van der Waals surface area contributed by atoms with E-state index in [0.717, 1.165) is 39.3 Å². The molecular weight excluding hydrogens is 272 g/mol. The number of rotatable bonds is 6. The zero-order valence-corrected chi connectivity index (χ0v) is 12.7. The Morgan fingerprint density at radius 3 is 2.52 bits per heavy atom. The Morgan fingerprint density at radius 1 is 1.24 bits per heavy atom. The molecule has 1 amide bonds. The van der Waals surface area contributed by atoms with Crippen LogP contribution in [-0.2, 0) is 14.3 Å². The number of ether oxygens (including phenoxy) is 1. The highest BCUT2D eigenvalue weighted by molar-refractivity contribution is 5.85. The summed E-state index contributed by atoms with van der Waals surface area (Å²) in [6.07, 6.45) is 2.28. The lowest BCUT2D eigenvalue weighted by Gasteiger charge is -2.26. The highest BCUT2D eigenvalue weighted by atomic mass is 16.5. The molecule has 0 bridgehead atoms. The van der Waals surface area contributed by atoms with Crippen molar-refractivity contribution in [1.82, 2.24) is 10.2 Å². The molecule has 0 aromatic heterocycles. The van der Waals surface area contributed by atoms with Crippen LogP contribution in [0.4, 0.5) is 0 Å². The molecule has 0 spiro atoms. The molecule has 2 fully saturated rings. The third kappa shape index (κ3) is 4.41. The van der Waals surface area contributed by atoms with Crippen molar-refractivity contribution in [3.05, 3.63) is 0 Å². The summed E-state index contributed by atoms with van der Waals surface area (Å²) in [7, 11) is 0. The van der Waals surface area contributed by atoms with Crippen LogP contribution < -0.4 is 5.32 Å². The fraction of sp³-hybridized carbons (Fsp3) is 0.867. The smallest absolute Gasteiger partial charge is 0.307 e. The maximum absolute atomic E-state index is 12.2. The van der Waals surface area contributed by atoms with E-state index < -0.39 is 11.9 Å². The molecule has 1 saturated heterocycles. The Balaban J connectivity index is 1.77. The molecule has 0 aromatic rings. The molecule has 1 aliphatic carbocycles. The predicted octanol–water partition coefficient (Wildman–Crippen LogP) is 0.572. The van der Waals surface area contributed by atoms with Crippen molar-refractivity contribution in [2.45, 2.75) is 26.2 Å². The zero-order chi connectivity index (χ0) is 15.2. The highest BCUT2D eigenvalue weighted by Gasteiger charge is 2.41. The normalized spacial score (nSPS) is 30.2. The molecule has 2 rings (SSSR count). The lowest BCUT2D eigenvalue weighted by molar-refractivity contribution is -0.146. The summed E-state index contributed by atoms with van der Waals surface area (Å²) in [6, 6.07) is 0. The Labute approximate surface area is 125 Å². The molecule has 1 heterocycles. The Bertz CT molecular complexity index is 369. The van der Waals surface area contributed by atoms with Crippen molar-refractivity contribution >= 4 is 11.9 Å². The molecule has 1 saturated carbocycles. The van der Waals surface area contributed by atoms with Gasteiger partial charge in [-0.25, -0.2) is 0 Å². The highest BCUT2D eigenvalue weighted by Crippen LogP contribution is 2.38. The van der Waals surface area contributed by atoms with E-state index in [1.54, 1.807) is 0 Å². The number of amides is 1. The average molecular weight is 298 g/mol. The molecule has 0 aromatic carbocycles. The molecule has 21 heavy (non-hydrogen) atoms. The van der Waals surface area contributed by atoms with Crippen molar-refractivity contribution in [1.29, 1.82) is 0 Å². The molecule has 6 heteroatoms. The van der Waals surface area contributed by atoms with Crippen molar-refractivity contribution in [3.8, 4) is 0 Å². The average Bonchev–Trinajstić information content (AvgIpc) is 2.93. The van der Waals surface area contributed by atoms with Crippen molar-refractivity contribution in [3.63, 3.8) is 0 Å². The van der Waals surface area contributed by atoms with E-state index >= 15 is 0 Å². The summed E-state index contributed by atoms with van der Waals surface area (Å²) in [5, 5.41) is 12.2. The summed E-state index contributed by atoms with van der Waals surface area (Å²) in [4.78, 5) is 25.8. The maximum Gasteiger partial charge on any atom is 0.307 e. The van der Waals surface area contributed by atoms with E-state index in [9.17, 15) is 14.7 Å². The summed E-state index contributed by atoms with van der Waals surface area (Å²) in [5.74, 6) is -1.44. The second-order valence-electron chi connectivity index (χ2n) is 6.04. The zero-order valence-electron chi connectivity index (χ0n) is 12.7. The van der Waals surface area contributed by atoms with Crippen molar-refractivity contribution < 1.29 is 19.4 Å². The number of carboxylic acids is 1. The fourth-order valence-electron chi connectivity index (χ4n) is 3.33. The second-order valence-corrected chi connectivity index (χ2v) is 6.04. The Kier molecular flexibility index (Phi) is 5.99. The van der Waals surface area contributed by atoms with Crippen LogP contribution in [0.15, 0.2) is 0 Å². The Hall–Kier alpha value is -1.14. The molecule has 3 unspecified atom stereocenters. The minimum absolute atomic E-state index is 0.0911. The van der Waals surface area contributed by atoms with Gasteiger partial charge in [-0.05, 0) is 18.8 Å². The maximum atomic E-state index is 12.2. The molecule has 6 nitrogen and oxygen atoms in total. The number of carboxylic acid groups (broad SMARTS) is 1. The molecule has 1 aliphatic heterocycles. The second kappa shape index (κ2) is 7.75. The molecule has 2 aliphatic rings. The largest absolute Gasteiger partial charge is 0.481 e. The van der Waals surface area contributed by atoms with E-state index in [-0.39, 0.29) is 11.8 Å². The van der Waals surface area contributed by atoms with Crippen LogP contribution >= 0.6 is 0 Å². The summed E-state index contributed by atoms with van der Waals surface area (Å²) in [5.41, 5.74) is 0. The minimum atomic E-state index is -0.834. The first kappa shape index (κ1) is 16.2. The van der Waals surface area contributed by atoms with Gasteiger partial charge in [-0.15, -0.1) is 0 Å². The van der Waals surface area contributed by atoms with Gasteiger partial charge in [0.1, 0.15) is 0 Å². The first-order valence-electron chi connectivity index (χ1n) is 7.92. The van der Waals surface area contributed by atoms with Crippen molar-refractivity contribution in [2.24, 2.45) is 17.8 Å². The third-order valence-corrected chi connectivity index (χ3v) is 4.72. The number of aliphatic carboxylic acids is 1. The number of nitrogens with one attached hydrogen (secondary N) is 1. The lowest BCUT2D eigenvalue weighted by Crippen LogP contribution is -2.43. The van der Waals surface area contributed by atoms with Crippen LogP contribution in [0.3, 0.4) is 0 Å². The molecule has 0 radical (unpaired) electrons. The Morgan fingerprint density at radius 2 is 1.90 bits per heavy atom. The summed E-state index contributed by atoms with van der Waals surface area (Å²) < 4.78 is 5.28. The van der Waals surface area contributed by atoms with E-state index in [1.165, 1.54) is 0 Å². The number of carbonyl (C=O) groups excluding carboxylic acids is 1. The monoisotopic (exact) mass is 298 g/mol. The van der Waals surface area contributed by atoms with Crippen LogP contribution in [0.25, 0.3) is 0 Å². The number of hydrogen-bond acceptors (Lipinski definition) is 4. The molecule has 2 N–H and O–H groups in total. The van der Waals surface area contributed by atoms with E-state index in [0.29, 0.717) is 25.3 Å². The predicted molar refractivity (Wildman–Crippen MR) is 77.9 cm³/mol. The fourth-order valence-corrected chi connectivity index (χ4v) is 3.33. The number of nitrogens with zero attached hydrogens (tertiary/aromatic N) is 1. The van der Waals surface area contributed by atoms with Crippen LogP contribution in [0.5, 0.6) is 0 Å².